The van der Waals surface area contributed by atoms with E-state index < -0.39 is 10.0 Å². The Kier molecular flexibility index (Phi) is 6.04. The minimum absolute atomic E-state index is 0.0428. The molecule has 148 valence electrons. The number of aryl methyl sites for hydroxylation is 1. The van der Waals surface area contributed by atoms with Crippen molar-refractivity contribution in [2.24, 2.45) is 0 Å². The Morgan fingerprint density at radius 1 is 1.00 bits per heavy atom. The van der Waals surface area contributed by atoms with Crippen molar-refractivity contribution >= 4 is 38.2 Å². The van der Waals surface area contributed by atoms with Gasteiger partial charge in [0.2, 0.25) is 10.0 Å². The molecule has 0 bridgehead atoms. The lowest BCUT2D eigenvalue weighted by Crippen LogP contribution is -2.17. The lowest BCUT2D eigenvalue weighted by Gasteiger charge is -2.10. The normalized spacial score (nSPS) is 11.5. The van der Waals surface area contributed by atoms with Gasteiger partial charge in [-0.25, -0.2) is 8.42 Å². The maximum atomic E-state index is 12.6. The molecule has 28 heavy (non-hydrogen) atoms. The average molecular weight is 400 g/mol. The Labute approximate surface area is 165 Å². The van der Waals surface area contributed by atoms with Gasteiger partial charge in [-0.1, -0.05) is 19.9 Å². The van der Waals surface area contributed by atoms with E-state index in [0.29, 0.717) is 23.4 Å². The van der Waals surface area contributed by atoms with Gasteiger partial charge in [-0.15, -0.1) is 0 Å². The van der Waals surface area contributed by atoms with Gasteiger partial charge in [0.1, 0.15) is 0 Å². The maximum Gasteiger partial charge on any atom is 0.255 e. The molecular weight excluding hydrogens is 374 g/mol. The predicted molar refractivity (Wildman–Crippen MR) is 114 cm³/mol. The zero-order valence-corrected chi connectivity index (χ0v) is 16.9. The van der Waals surface area contributed by atoms with Gasteiger partial charge in [-0.2, -0.15) is 0 Å². The Balaban J connectivity index is 1.76. The molecule has 1 amide bonds. The Hall–Kier alpha value is -2.80. The van der Waals surface area contributed by atoms with Crippen LogP contribution in [0.15, 0.2) is 54.7 Å². The van der Waals surface area contributed by atoms with Gasteiger partial charge in [-0.05, 0) is 55.3 Å². The number of hydrogen-bond acceptors (Lipinski definition) is 3. The number of amides is 1. The van der Waals surface area contributed by atoms with Crippen LogP contribution in [0.2, 0.25) is 0 Å². The lowest BCUT2D eigenvalue weighted by atomic mass is 10.1. The Bertz CT molecular complexity index is 1090. The number of fused-ring (bicyclic) bond motifs is 1. The molecular formula is C21H25N3O3S. The summed E-state index contributed by atoms with van der Waals surface area (Å²) in [6.07, 6.45) is 3.63. The van der Waals surface area contributed by atoms with Gasteiger partial charge in [0, 0.05) is 40.6 Å². The number of nitrogens with one attached hydrogen (secondary N) is 2. The third-order valence-electron chi connectivity index (χ3n) is 4.36. The van der Waals surface area contributed by atoms with Crippen LogP contribution in [-0.4, -0.2) is 24.6 Å². The fraction of sp³-hybridized carbons (Fsp3) is 0.286. The number of rotatable bonds is 8. The van der Waals surface area contributed by atoms with Gasteiger partial charge < -0.3 is 9.88 Å². The van der Waals surface area contributed by atoms with Gasteiger partial charge in [0.05, 0.1) is 5.75 Å². The molecule has 0 aliphatic heterocycles. The SMILES string of the molecule is CCCn1ccc2cc(NC(=O)c3cccc(NS(=O)(=O)CCC)c3)ccc21. The fourth-order valence-electron chi connectivity index (χ4n) is 3.14. The van der Waals surface area contributed by atoms with Crippen LogP contribution >= 0.6 is 0 Å². The highest BCUT2D eigenvalue weighted by molar-refractivity contribution is 7.92. The van der Waals surface area contributed by atoms with Gasteiger partial charge >= 0.3 is 0 Å². The number of hydrogen-bond donors (Lipinski definition) is 2. The summed E-state index contributed by atoms with van der Waals surface area (Å²) in [4.78, 5) is 12.6. The summed E-state index contributed by atoms with van der Waals surface area (Å²) in [6.45, 7) is 4.89. The van der Waals surface area contributed by atoms with E-state index in [9.17, 15) is 13.2 Å². The van der Waals surface area contributed by atoms with E-state index in [0.717, 1.165) is 23.9 Å². The zero-order chi connectivity index (χ0) is 20.1. The molecule has 0 radical (unpaired) electrons. The van der Waals surface area contributed by atoms with Crippen molar-refractivity contribution in [3.63, 3.8) is 0 Å². The number of anilines is 2. The molecule has 0 unspecified atom stereocenters. The molecule has 0 atom stereocenters. The van der Waals surface area contributed by atoms with Gasteiger partial charge in [0.25, 0.3) is 5.91 Å². The first-order valence-corrected chi connectivity index (χ1v) is 11.1. The van der Waals surface area contributed by atoms with Crippen molar-refractivity contribution in [2.45, 2.75) is 33.2 Å². The molecule has 7 heteroatoms. The highest BCUT2D eigenvalue weighted by atomic mass is 32.2. The second-order valence-corrected chi connectivity index (χ2v) is 8.58. The number of sulfonamides is 1. The summed E-state index contributed by atoms with van der Waals surface area (Å²) in [5, 5.41) is 3.94. The van der Waals surface area contributed by atoms with Crippen LogP contribution in [0, 0.1) is 0 Å². The highest BCUT2D eigenvalue weighted by Crippen LogP contribution is 2.22. The molecule has 0 aliphatic rings. The number of benzene rings is 2. The topological polar surface area (TPSA) is 80.2 Å². The molecule has 0 saturated carbocycles. The summed E-state index contributed by atoms with van der Waals surface area (Å²) >= 11 is 0. The number of carbonyl (C=O) groups is 1. The van der Waals surface area contributed by atoms with E-state index in [4.69, 9.17) is 0 Å². The van der Waals surface area contributed by atoms with Crippen LogP contribution in [0.4, 0.5) is 11.4 Å². The van der Waals surface area contributed by atoms with Gasteiger partial charge in [0.15, 0.2) is 0 Å². The summed E-state index contributed by atoms with van der Waals surface area (Å²) in [7, 11) is -3.40. The smallest absolute Gasteiger partial charge is 0.255 e. The van der Waals surface area contributed by atoms with Gasteiger partial charge in [-0.3, -0.25) is 9.52 Å². The second kappa shape index (κ2) is 8.48. The van der Waals surface area contributed by atoms with Crippen molar-refractivity contribution < 1.29 is 13.2 Å². The molecule has 0 spiro atoms. The molecule has 0 saturated heterocycles. The first-order chi connectivity index (χ1) is 13.4. The van der Waals surface area contributed by atoms with Crippen molar-refractivity contribution in [3.8, 4) is 0 Å². The van der Waals surface area contributed by atoms with Crippen LogP contribution in [0.3, 0.4) is 0 Å². The van der Waals surface area contributed by atoms with Crippen LogP contribution < -0.4 is 10.0 Å². The van der Waals surface area contributed by atoms with Crippen molar-refractivity contribution in [2.75, 3.05) is 15.8 Å². The lowest BCUT2D eigenvalue weighted by molar-refractivity contribution is 0.102. The predicted octanol–water partition coefficient (Wildman–Crippen LogP) is 4.46. The Morgan fingerprint density at radius 3 is 2.57 bits per heavy atom. The molecule has 3 rings (SSSR count). The first-order valence-electron chi connectivity index (χ1n) is 9.42. The number of carbonyl (C=O) groups excluding carboxylic acids is 1. The van der Waals surface area contributed by atoms with E-state index in [1.807, 2.05) is 30.5 Å². The summed E-state index contributed by atoms with van der Waals surface area (Å²) in [5.41, 5.74) is 2.60. The van der Waals surface area contributed by atoms with E-state index >= 15 is 0 Å². The third-order valence-corrected chi connectivity index (χ3v) is 5.86. The van der Waals surface area contributed by atoms with Crippen molar-refractivity contribution in [1.82, 2.24) is 4.57 Å². The van der Waals surface area contributed by atoms with Crippen LogP contribution in [-0.2, 0) is 16.6 Å². The summed E-state index contributed by atoms with van der Waals surface area (Å²) in [5.74, 6) is -0.245. The van der Waals surface area contributed by atoms with E-state index in [-0.39, 0.29) is 11.7 Å². The molecule has 2 aromatic carbocycles. The molecule has 3 aromatic rings. The molecule has 0 fully saturated rings. The van der Waals surface area contributed by atoms with Crippen molar-refractivity contribution in [3.05, 3.63) is 60.3 Å². The van der Waals surface area contributed by atoms with Crippen LogP contribution in [0.1, 0.15) is 37.0 Å². The number of aromatic nitrogens is 1. The molecule has 1 heterocycles. The largest absolute Gasteiger partial charge is 0.347 e. The summed E-state index contributed by atoms with van der Waals surface area (Å²) < 4.78 is 28.6. The highest BCUT2D eigenvalue weighted by Gasteiger charge is 2.12. The minimum atomic E-state index is -3.40. The van der Waals surface area contributed by atoms with E-state index in [1.54, 1.807) is 31.2 Å². The van der Waals surface area contributed by atoms with Crippen LogP contribution in [0.5, 0.6) is 0 Å². The maximum absolute atomic E-state index is 12.6. The molecule has 2 N–H and O–H groups in total. The summed E-state index contributed by atoms with van der Waals surface area (Å²) in [6, 6.07) is 14.3. The number of nitrogens with zero attached hydrogens (tertiary/aromatic N) is 1. The monoisotopic (exact) mass is 399 g/mol. The standard InChI is InChI=1S/C21H25N3O3S/c1-3-11-24-12-10-16-14-18(8-9-20(16)24)22-21(25)17-6-5-7-19(15-17)23-28(26,27)13-4-2/h5-10,12,14-15,23H,3-4,11,13H2,1-2H3,(H,22,25). The molecule has 6 nitrogen and oxygen atoms in total. The average Bonchev–Trinajstić information content (AvgIpc) is 3.04. The first kappa shape index (κ1) is 19.9. The third kappa shape index (κ3) is 4.72. The van der Waals surface area contributed by atoms with Crippen LogP contribution in [0.25, 0.3) is 10.9 Å². The fourth-order valence-corrected chi connectivity index (χ4v) is 4.27. The minimum Gasteiger partial charge on any atom is -0.347 e. The molecule has 0 aliphatic carbocycles. The van der Waals surface area contributed by atoms with E-state index in [2.05, 4.69) is 21.5 Å². The second-order valence-electron chi connectivity index (χ2n) is 6.74. The van der Waals surface area contributed by atoms with Crippen molar-refractivity contribution in [1.29, 1.82) is 0 Å². The quantitative estimate of drug-likeness (QED) is 0.587. The molecule has 1 aromatic heterocycles. The Morgan fingerprint density at radius 2 is 1.82 bits per heavy atom. The van der Waals surface area contributed by atoms with E-state index in [1.165, 1.54) is 0 Å². The zero-order valence-electron chi connectivity index (χ0n) is 16.1.